The minimum Gasteiger partial charge on any atom is -0.494 e. The average molecular weight is 233 g/mol. The second-order valence-electron chi connectivity index (χ2n) is 3.21. The molecule has 88 valence electrons. The summed E-state index contributed by atoms with van der Waals surface area (Å²) in [5.74, 6) is 0.125. The number of esters is 1. The molecule has 0 saturated heterocycles. The molecule has 0 aliphatic heterocycles. The molecule has 0 N–H and O–H groups in total. The summed E-state index contributed by atoms with van der Waals surface area (Å²) in [5.41, 5.74) is 0.857. The van der Waals surface area contributed by atoms with Gasteiger partial charge in [-0.25, -0.2) is 9.48 Å². The van der Waals surface area contributed by atoms with E-state index < -0.39 is 5.97 Å². The maximum absolute atomic E-state index is 11.2. The number of benzene rings is 1. The molecule has 6 heteroatoms. The predicted molar refractivity (Wildman–Crippen MR) is 59.3 cm³/mol. The van der Waals surface area contributed by atoms with E-state index in [1.807, 2.05) is 18.2 Å². The van der Waals surface area contributed by atoms with Crippen molar-refractivity contribution < 1.29 is 14.3 Å². The molecule has 1 heterocycles. The molecule has 0 atom stereocenters. The first-order chi connectivity index (χ1) is 8.26. The van der Waals surface area contributed by atoms with E-state index in [2.05, 4.69) is 15.0 Å². The maximum Gasteiger partial charge on any atom is 0.360 e. The quantitative estimate of drug-likeness (QED) is 0.741. The standard InChI is InChI=1S/C11H11N3O3/c1-16-10-6-4-3-5-9(10)14-7-8(12-13-14)11(15)17-2/h3-7H,1-2H3. The number of nitrogens with zero attached hydrogens (tertiary/aromatic N) is 3. The number of rotatable bonds is 3. The molecular weight excluding hydrogens is 222 g/mol. The lowest BCUT2D eigenvalue weighted by Gasteiger charge is -2.06. The van der Waals surface area contributed by atoms with Gasteiger partial charge < -0.3 is 9.47 Å². The molecule has 0 spiro atoms. The molecule has 6 nitrogen and oxygen atoms in total. The van der Waals surface area contributed by atoms with Crippen LogP contribution in [-0.2, 0) is 4.74 Å². The summed E-state index contributed by atoms with van der Waals surface area (Å²) in [7, 11) is 2.86. The van der Waals surface area contributed by atoms with Gasteiger partial charge >= 0.3 is 5.97 Å². The second-order valence-corrected chi connectivity index (χ2v) is 3.21. The van der Waals surface area contributed by atoms with Crippen LogP contribution in [0.15, 0.2) is 30.5 Å². The number of carbonyl (C=O) groups excluding carboxylic acids is 1. The molecule has 0 bridgehead atoms. The Kier molecular flexibility index (Phi) is 3.04. The van der Waals surface area contributed by atoms with Gasteiger partial charge in [-0.15, -0.1) is 5.10 Å². The van der Waals surface area contributed by atoms with E-state index in [-0.39, 0.29) is 5.69 Å². The Morgan fingerprint density at radius 2 is 2.06 bits per heavy atom. The number of aromatic nitrogens is 3. The largest absolute Gasteiger partial charge is 0.494 e. The van der Waals surface area contributed by atoms with Crippen molar-refractivity contribution >= 4 is 5.97 Å². The fourth-order valence-corrected chi connectivity index (χ4v) is 1.40. The third-order valence-electron chi connectivity index (χ3n) is 2.22. The summed E-state index contributed by atoms with van der Waals surface area (Å²) < 4.78 is 11.2. The fourth-order valence-electron chi connectivity index (χ4n) is 1.40. The first kappa shape index (κ1) is 11.1. The van der Waals surface area contributed by atoms with Gasteiger partial charge in [-0.3, -0.25) is 0 Å². The van der Waals surface area contributed by atoms with Crippen molar-refractivity contribution in [2.75, 3.05) is 14.2 Å². The van der Waals surface area contributed by atoms with E-state index in [1.54, 1.807) is 13.2 Å². The van der Waals surface area contributed by atoms with Crippen LogP contribution in [0, 0.1) is 0 Å². The van der Waals surface area contributed by atoms with Crippen LogP contribution in [0.2, 0.25) is 0 Å². The lowest BCUT2D eigenvalue weighted by atomic mass is 10.3. The van der Waals surface area contributed by atoms with Gasteiger partial charge in [0.15, 0.2) is 5.69 Å². The van der Waals surface area contributed by atoms with Gasteiger partial charge in [0, 0.05) is 0 Å². The molecule has 1 aromatic heterocycles. The molecule has 0 aliphatic rings. The molecular formula is C11H11N3O3. The molecule has 0 fully saturated rings. The van der Waals surface area contributed by atoms with Crippen molar-refractivity contribution in [3.05, 3.63) is 36.2 Å². The van der Waals surface area contributed by atoms with Crippen LogP contribution >= 0.6 is 0 Å². The Labute approximate surface area is 97.8 Å². The van der Waals surface area contributed by atoms with Crippen LogP contribution in [0.3, 0.4) is 0 Å². The lowest BCUT2D eigenvalue weighted by molar-refractivity contribution is 0.0594. The number of hydrogen-bond acceptors (Lipinski definition) is 5. The van der Waals surface area contributed by atoms with Crippen LogP contribution in [0.25, 0.3) is 5.69 Å². The van der Waals surface area contributed by atoms with Gasteiger partial charge in [0.25, 0.3) is 0 Å². The van der Waals surface area contributed by atoms with Gasteiger partial charge in [0.05, 0.1) is 20.4 Å². The Morgan fingerprint density at radius 1 is 1.29 bits per heavy atom. The van der Waals surface area contributed by atoms with Crippen LogP contribution < -0.4 is 4.74 Å². The zero-order chi connectivity index (χ0) is 12.3. The molecule has 0 saturated carbocycles. The normalized spacial score (nSPS) is 10.0. The number of hydrogen-bond donors (Lipinski definition) is 0. The third kappa shape index (κ3) is 2.10. The number of para-hydroxylation sites is 2. The molecule has 1 aromatic carbocycles. The molecule has 0 amide bonds. The molecule has 0 aliphatic carbocycles. The van der Waals surface area contributed by atoms with Crippen molar-refractivity contribution in [2.24, 2.45) is 0 Å². The lowest BCUT2D eigenvalue weighted by Crippen LogP contribution is -2.01. The predicted octanol–water partition coefficient (Wildman–Crippen LogP) is 1.06. The summed E-state index contributed by atoms with van der Waals surface area (Å²) in [4.78, 5) is 11.2. The van der Waals surface area contributed by atoms with Crippen LogP contribution in [0.4, 0.5) is 0 Å². The van der Waals surface area contributed by atoms with Gasteiger partial charge in [-0.05, 0) is 12.1 Å². The van der Waals surface area contributed by atoms with Gasteiger partial charge in [-0.2, -0.15) is 0 Å². The van der Waals surface area contributed by atoms with Crippen molar-refractivity contribution in [3.63, 3.8) is 0 Å². The topological polar surface area (TPSA) is 66.2 Å². The van der Waals surface area contributed by atoms with Crippen molar-refractivity contribution in [2.45, 2.75) is 0 Å². The van der Waals surface area contributed by atoms with E-state index in [0.717, 1.165) is 0 Å². The Morgan fingerprint density at radius 3 is 2.76 bits per heavy atom. The van der Waals surface area contributed by atoms with E-state index in [9.17, 15) is 4.79 Å². The average Bonchev–Trinajstić information content (AvgIpc) is 2.87. The van der Waals surface area contributed by atoms with E-state index >= 15 is 0 Å². The van der Waals surface area contributed by atoms with Crippen LogP contribution in [0.1, 0.15) is 10.5 Å². The fraction of sp³-hybridized carbons (Fsp3) is 0.182. The molecule has 2 aromatic rings. The number of carbonyl (C=O) groups is 1. The Balaban J connectivity index is 2.40. The molecule has 17 heavy (non-hydrogen) atoms. The number of ether oxygens (including phenoxy) is 2. The minimum atomic E-state index is -0.522. The first-order valence-electron chi connectivity index (χ1n) is 4.90. The van der Waals surface area contributed by atoms with Crippen LogP contribution in [-0.4, -0.2) is 35.2 Å². The highest BCUT2D eigenvalue weighted by atomic mass is 16.5. The summed E-state index contributed by atoms with van der Waals surface area (Å²) >= 11 is 0. The van der Waals surface area contributed by atoms with Gasteiger partial charge in [0.2, 0.25) is 0 Å². The van der Waals surface area contributed by atoms with Crippen molar-refractivity contribution in [1.82, 2.24) is 15.0 Å². The molecule has 0 radical (unpaired) electrons. The second kappa shape index (κ2) is 4.65. The third-order valence-corrected chi connectivity index (χ3v) is 2.22. The van der Waals surface area contributed by atoms with Gasteiger partial charge in [0.1, 0.15) is 11.4 Å². The Bertz CT molecular complexity index is 536. The minimum absolute atomic E-state index is 0.151. The van der Waals surface area contributed by atoms with Crippen molar-refractivity contribution in [3.8, 4) is 11.4 Å². The van der Waals surface area contributed by atoms with Gasteiger partial charge in [-0.1, -0.05) is 17.3 Å². The molecule has 0 unspecified atom stereocenters. The summed E-state index contributed by atoms with van der Waals surface area (Å²) in [6.07, 6.45) is 1.49. The highest BCUT2D eigenvalue weighted by Gasteiger charge is 2.13. The molecule has 2 rings (SSSR count). The first-order valence-corrected chi connectivity index (χ1v) is 4.90. The number of methoxy groups -OCH3 is 2. The highest BCUT2D eigenvalue weighted by Crippen LogP contribution is 2.20. The van der Waals surface area contributed by atoms with E-state index in [0.29, 0.717) is 11.4 Å². The maximum atomic E-state index is 11.2. The summed E-state index contributed by atoms with van der Waals surface area (Å²) in [5, 5.41) is 7.57. The smallest absolute Gasteiger partial charge is 0.360 e. The SMILES string of the molecule is COC(=O)c1cn(-c2ccccc2OC)nn1. The summed E-state index contributed by atoms with van der Waals surface area (Å²) in [6.45, 7) is 0. The monoisotopic (exact) mass is 233 g/mol. The van der Waals surface area contributed by atoms with Crippen molar-refractivity contribution in [1.29, 1.82) is 0 Å². The highest BCUT2D eigenvalue weighted by molar-refractivity contribution is 5.86. The van der Waals surface area contributed by atoms with E-state index in [4.69, 9.17) is 4.74 Å². The van der Waals surface area contributed by atoms with Crippen LogP contribution in [0.5, 0.6) is 5.75 Å². The van der Waals surface area contributed by atoms with E-state index in [1.165, 1.54) is 18.0 Å². The zero-order valence-electron chi connectivity index (χ0n) is 9.45. The zero-order valence-corrected chi connectivity index (χ0v) is 9.45. The Hall–Kier alpha value is -2.37. The summed E-state index contributed by atoms with van der Waals surface area (Å²) in [6, 6.07) is 7.31.